The van der Waals surface area contributed by atoms with E-state index in [1.165, 1.54) is 30.0 Å². The molecule has 3 rings (SSSR count). The van der Waals surface area contributed by atoms with Crippen LogP contribution >= 0.6 is 0 Å². The summed E-state index contributed by atoms with van der Waals surface area (Å²) in [6.07, 6.45) is 1.18. The summed E-state index contributed by atoms with van der Waals surface area (Å²) in [6, 6.07) is 4.31. The van der Waals surface area contributed by atoms with Gasteiger partial charge in [0, 0.05) is 12.7 Å². The van der Waals surface area contributed by atoms with E-state index < -0.39 is 34.6 Å². The maximum absolute atomic E-state index is 13.5. The van der Waals surface area contributed by atoms with E-state index >= 15 is 0 Å². The van der Waals surface area contributed by atoms with Crippen molar-refractivity contribution in [3.05, 3.63) is 63.4 Å². The average Bonchev–Trinajstić information content (AvgIpc) is 2.75. The molecule has 170 valence electrons. The number of aliphatic hydroxyl groups excluding tert-OH is 1. The lowest BCUT2D eigenvalue weighted by Crippen LogP contribution is -2.26. The number of carbonyl (C=O) groups is 1. The van der Waals surface area contributed by atoms with Crippen molar-refractivity contribution in [3.8, 4) is 5.88 Å². The lowest BCUT2D eigenvalue weighted by atomic mass is 10.0. The zero-order valence-corrected chi connectivity index (χ0v) is 17.7. The third-order valence-electron chi connectivity index (χ3n) is 5.17. The van der Waals surface area contributed by atoms with Crippen LogP contribution in [-0.4, -0.2) is 39.5 Å². The molecule has 3 aromatic rings. The molecule has 1 atom stereocenters. The van der Waals surface area contributed by atoms with Gasteiger partial charge in [0.2, 0.25) is 11.3 Å². The van der Waals surface area contributed by atoms with E-state index in [2.05, 4.69) is 10.3 Å². The summed E-state index contributed by atoms with van der Waals surface area (Å²) in [5.41, 5.74) is -0.350. The number of carboxylic acid groups (broad SMARTS) is 1. The van der Waals surface area contributed by atoms with E-state index in [0.717, 1.165) is 12.1 Å². The second-order valence-electron chi connectivity index (χ2n) is 7.60. The fourth-order valence-corrected chi connectivity index (χ4v) is 3.41. The largest absolute Gasteiger partial charge is 0.479 e. The Labute approximate surface area is 182 Å². The molecule has 0 fully saturated rings. The Balaban J connectivity index is 2.16. The normalized spacial score (nSPS) is 12.2. The van der Waals surface area contributed by atoms with Gasteiger partial charge in [-0.1, -0.05) is 19.9 Å². The highest BCUT2D eigenvalue weighted by Gasteiger charge is 2.23. The van der Waals surface area contributed by atoms with Gasteiger partial charge >= 0.3 is 5.97 Å². The molecule has 1 unspecified atom stereocenters. The van der Waals surface area contributed by atoms with Gasteiger partial charge in [0.25, 0.3) is 0 Å². The first-order valence-electron chi connectivity index (χ1n) is 9.83. The number of benzene rings is 1. The Morgan fingerprint density at radius 2 is 1.97 bits per heavy atom. The van der Waals surface area contributed by atoms with Gasteiger partial charge in [0.1, 0.15) is 11.2 Å². The van der Waals surface area contributed by atoms with Crippen LogP contribution in [0.2, 0.25) is 0 Å². The average molecular weight is 447 g/mol. The first-order valence-corrected chi connectivity index (χ1v) is 9.83. The molecule has 3 N–H and O–H groups in total. The van der Waals surface area contributed by atoms with Gasteiger partial charge in [-0.2, -0.15) is 4.98 Å². The van der Waals surface area contributed by atoms with Crippen LogP contribution < -0.4 is 15.5 Å². The molecule has 8 nitrogen and oxygen atoms in total. The number of hydrogen-bond donors (Lipinski definition) is 3. The van der Waals surface area contributed by atoms with Crippen LogP contribution in [0.1, 0.15) is 35.8 Å². The number of methoxy groups -OCH3 is 1. The van der Waals surface area contributed by atoms with Crippen LogP contribution in [0.4, 0.5) is 14.5 Å². The minimum absolute atomic E-state index is 0.0117. The van der Waals surface area contributed by atoms with E-state index in [0.29, 0.717) is 5.56 Å². The van der Waals surface area contributed by atoms with Crippen molar-refractivity contribution in [2.45, 2.75) is 26.4 Å². The molecule has 0 aliphatic heterocycles. The Hall–Kier alpha value is -3.53. The number of anilines is 1. The van der Waals surface area contributed by atoms with Crippen molar-refractivity contribution >= 4 is 22.7 Å². The molecule has 0 bridgehead atoms. The van der Waals surface area contributed by atoms with Gasteiger partial charge in [-0.25, -0.2) is 13.6 Å². The first kappa shape index (κ1) is 23.1. The van der Waals surface area contributed by atoms with Crippen molar-refractivity contribution in [1.29, 1.82) is 0 Å². The molecule has 0 radical (unpaired) electrons. The molecular formula is C22H23F2N3O5. The molecule has 10 heteroatoms. The van der Waals surface area contributed by atoms with Gasteiger partial charge in [-0.3, -0.25) is 4.79 Å². The SMILES string of the molecule is COc1nc2c(cc1NCc1ccc(F)c(F)c1)c(=O)c(C(=O)O)cn2C(CO)C(C)C. The number of fused-ring (bicyclic) bond motifs is 1. The summed E-state index contributed by atoms with van der Waals surface area (Å²) in [5, 5.41) is 22.3. The Morgan fingerprint density at radius 3 is 2.53 bits per heavy atom. The second kappa shape index (κ2) is 9.31. The zero-order valence-electron chi connectivity index (χ0n) is 17.7. The number of aliphatic hydroxyl groups is 1. The minimum Gasteiger partial charge on any atom is -0.479 e. The number of nitrogens with zero attached hydrogens (tertiary/aromatic N) is 2. The molecule has 0 saturated carbocycles. The van der Waals surface area contributed by atoms with Crippen molar-refractivity contribution in [1.82, 2.24) is 9.55 Å². The highest BCUT2D eigenvalue weighted by molar-refractivity contribution is 5.93. The number of halogens is 2. The van der Waals surface area contributed by atoms with E-state index in [1.807, 2.05) is 13.8 Å². The van der Waals surface area contributed by atoms with Gasteiger partial charge in [0.05, 0.1) is 30.8 Å². The molecule has 0 amide bonds. The van der Waals surface area contributed by atoms with Crippen molar-refractivity contribution in [2.75, 3.05) is 19.0 Å². The fourth-order valence-electron chi connectivity index (χ4n) is 3.41. The molecule has 0 saturated heterocycles. The van der Waals surface area contributed by atoms with Crippen LogP contribution in [-0.2, 0) is 6.54 Å². The number of rotatable bonds is 8. The lowest BCUT2D eigenvalue weighted by molar-refractivity contribution is 0.0694. The Morgan fingerprint density at radius 1 is 1.25 bits per heavy atom. The van der Waals surface area contributed by atoms with E-state index in [9.17, 15) is 28.6 Å². The van der Waals surface area contributed by atoms with E-state index in [4.69, 9.17) is 4.74 Å². The quantitative estimate of drug-likeness (QED) is 0.486. The van der Waals surface area contributed by atoms with Gasteiger partial charge in [-0.15, -0.1) is 0 Å². The number of carboxylic acids is 1. The standard InChI is InChI=1S/C22H23F2N3O5/c1-11(2)18(10-28)27-9-14(22(30)31)19(29)13-7-17(21(32-3)26-20(13)27)25-8-12-4-5-15(23)16(24)6-12/h4-7,9,11,18,25,28H,8,10H2,1-3H3,(H,30,31). The van der Waals surface area contributed by atoms with Gasteiger partial charge in [-0.05, 0) is 29.7 Å². The summed E-state index contributed by atoms with van der Waals surface area (Å²) in [4.78, 5) is 28.9. The number of aromatic nitrogens is 2. The predicted octanol–water partition coefficient (Wildman–Crippen LogP) is 3.18. The lowest BCUT2D eigenvalue weighted by Gasteiger charge is -2.24. The van der Waals surface area contributed by atoms with Crippen LogP contribution in [0.3, 0.4) is 0 Å². The number of hydrogen-bond acceptors (Lipinski definition) is 6. The Bertz CT molecular complexity index is 1230. The molecule has 1 aromatic carbocycles. The molecule has 32 heavy (non-hydrogen) atoms. The second-order valence-corrected chi connectivity index (χ2v) is 7.60. The van der Waals surface area contributed by atoms with E-state index in [1.54, 1.807) is 0 Å². The van der Waals surface area contributed by atoms with Gasteiger partial charge < -0.3 is 24.8 Å². The van der Waals surface area contributed by atoms with Gasteiger partial charge in [0.15, 0.2) is 11.6 Å². The molecule has 2 aromatic heterocycles. The van der Waals surface area contributed by atoms with Crippen molar-refractivity contribution in [2.24, 2.45) is 5.92 Å². The third kappa shape index (κ3) is 4.40. The van der Waals surface area contributed by atoms with Crippen LogP contribution in [0.15, 0.2) is 35.3 Å². The molecular weight excluding hydrogens is 424 g/mol. The van der Waals surface area contributed by atoms with Crippen LogP contribution in [0, 0.1) is 17.6 Å². The number of aromatic carboxylic acids is 1. The zero-order chi connectivity index (χ0) is 23.6. The summed E-state index contributed by atoms with van der Waals surface area (Å²) in [7, 11) is 1.37. The summed E-state index contributed by atoms with van der Waals surface area (Å²) < 4.78 is 33.4. The minimum atomic E-state index is -1.40. The first-order chi connectivity index (χ1) is 15.2. The summed E-state index contributed by atoms with van der Waals surface area (Å²) in [6.45, 7) is 3.47. The third-order valence-corrected chi connectivity index (χ3v) is 5.17. The smallest absolute Gasteiger partial charge is 0.341 e. The maximum atomic E-state index is 13.5. The van der Waals surface area contributed by atoms with E-state index in [-0.39, 0.29) is 41.7 Å². The molecule has 0 aliphatic carbocycles. The monoisotopic (exact) mass is 447 g/mol. The highest BCUT2D eigenvalue weighted by Crippen LogP contribution is 2.29. The summed E-state index contributed by atoms with van der Waals surface area (Å²) >= 11 is 0. The number of pyridine rings is 2. The Kier molecular flexibility index (Phi) is 6.73. The van der Waals surface area contributed by atoms with Crippen molar-refractivity contribution in [3.63, 3.8) is 0 Å². The number of ether oxygens (including phenoxy) is 1. The van der Waals surface area contributed by atoms with Crippen LogP contribution in [0.25, 0.3) is 11.0 Å². The highest BCUT2D eigenvalue weighted by atomic mass is 19.2. The molecule has 0 aliphatic rings. The van der Waals surface area contributed by atoms with Crippen molar-refractivity contribution < 1.29 is 28.5 Å². The topological polar surface area (TPSA) is 114 Å². The number of nitrogens with one attached hydrogen (secondary N) is 1. The maximum Gasteiger partial charge on any atom is 0.341 e. The van der Waals surface area contributed by atoms with Crippen LogP contribution in [0.5, 0.6) is 5.88 Å². The predicted molar refractivity (Wildman–Crippen MR) is 114 cm³/mol. The summed E-state index contributed by atoms with van der Waals surface area (Å²) in [5.74, 6) is -3.35. The molecule has 2 heterocycles. The fraction of sp³-hybridized carbons (Fsp3) is 0.318. The molecule has 0 spiro atoms.